The Hall–Kier alpha value is -3.77. The average molecular weight is 395 g/mol. The number of fused-ring (bicyclic) bond motifs is 1. The number of aromatic nitrogens is 4. The molecule has 2 N–H and O–H groups in total. The second-order valence-electron chi connectivity index (χ2n) is 6.60. The molecule has 0 bridgehead atoms. The molecule has 0 amide bonds. The van der Waals surface area contributed by atoms with E-state index >= 15 is 0 Å². The standard InChI is InChI=1S/C23H17N5S/c29-23-27-26-22(17-11-5-2-6-12-17)28(23)24-15-19-18-13-7-8-14-20(18)25-21(19)16-9-3-1-4-10-16/h1-15,25H,(H,27,29)/b24-15+. The molecule has 0 aliphatic heterocycles. The van der Waals surface area contributed by atoms with Gasteiger partial charge in [0.2, 0.25) is 4.77 Å². The van der Waals surface area contributed by atoms with Crippen LogP contribution in [-0.2, 0) is 0 Å². The second kappa shape index (κ2) is 7.33. The first-order chi connectivity index (χ1) is 14.3. The molecule has 6 heteroatoms. The monoisotopic (exact) mass is 395 g/mol. The summed E-state index contributed by atoms with van der Waals surface area (Å²) in [5.41, 5.74) is 5.14. The van der Waals surface area contributed by atoms with E-state index in [0.717, 1.165) is 33.3 Å². The highest BCUT2D eigenvalue weighted by atomic mass is 32.1. The maximum Gasteiger partial charge on any atom is 0.216 e. The predicted octanol–water partition coefficient (Wildman–Crippen LogP) is 5.64. The van der Waals surface area contributed by atoms with Crippen LogP contribution in [0.2, 0.25) is 0 Å². The van der Waals surface area contributed by atoms with E-state index in [-0.39, 0.29) is 0 Å². The smallest absolute Gasteiger partial charge is 0.216 e. The molecule has 2 heterocycles. The van der Waals surface area contributed by atoms with Crippen LogP contribution in [0.3, 0.4) is 0 Å². The van der Waals surface area contributed by atoms with E-state index in [2.05, 4.69) is 39.4 Å². The van der Waals surface area contributed by atoms with Gasteiger partial charge < -0.3 is 4.98 Å². The van der Waals surface area contributed by atoms with Gasteiger partial charge in [-0.05, 0) is 23.8 Å². The topological polar surface area (TPSA) is 61.8 Å². The summed E-state index contributed by atoms with van der Waals surface area (Å²) in [6.45, 7) is 0. The molecular formula is C23H17N5S. The summed E-state index contributed by atoms with van der Waals surface area (Å²) < 4.78 is 2.10. The number of H-pyrrole nitrogens is 2. The number of hydrogen-bond acceptors (Lipinski definition) is 3. The molecule has 0 atom stereocenters. The van der Waals surface area contributed by atoms with Crippen molar-refractivity contribution in [3.8, 4) is 22.6 Å². The Morgan fingerprint density at radius 2 is 1.48 bits per heavy atom. The molecule has 0 aliphatic carbocycles. The van der Waals surface area contributed by atoms with Gasteiger partial charge in [0.1, 0.15) is 0 Å². The lowest BCUT2D eigenvalue weighted by Gasteiger charge is -2.02. The fraction of sp³-hybridized carbons (Fsp3) is 0. The van der Waals surface area contributed by atoms with Gasteiger partial charge in [-0.3, -0.25) is 0 Å². The van der Waals surface area contributed by atoms with E-state index in [1.165, 1.54) is 0 Å². The van der Waals surface area contributed by atoms with Gasteiger partial charge in [0.05, 0.1) is 11.9 Å². The van der Waals surface area contributed by atoms with Crippen LogP contribution >= 0.6 is 12.2 Å². The van der Waals surface area contributed by atoms with Crippen molar-refractivity contribution in [3.05, 3.63) is 95.3 Å². The van der Waals surface area contributed by atoms with Crippen molar-refractivity contribution in [3.63, 3.8) is 0 Å². The van der Waals surface area contributed by atoms with Crippen LogP contribution in [0.25, 0.3) is 33.5 Å². The molecule has 5 rings (SSSR count). The first-order valence-electron chi connectivity index (χ1n) is 9.24. The minimum Gasteiger partial charge on any atom is -0.354 e. The third-order valence-electron chi connectivity index (χ3n) is 4.79. The van der Waals surface area contributed by atoms with E-state index in [1.807, 2.05) is 66.9 Å². The highest BCUT2D eigenvalue weighted by Crippen LogP contribution is 2.29. The van der Waals surface area contributed by atoms with Crippen LogP contribution in [0.5, 0.6) is 0 Å². The Balaban J connectivity index is 1.66. The first kappa shape index (κ1) is 17.3. The second-order valence-corrected chi connectivity index (χ2v) is 6.99. The van der Waals surface area contributed by atoms with Gasteiger partial charge in [0, 0.05) is 22.0 Å². The van der Waals surface area contributed by atoms with Crippen LogP contribution in [0.4, 0.5) is 0 Å². The number of benzene rings is 3. The van der Waals surface area contributed by atoms with Gasteiger partial charge in [0.15, 0.2) is 5.82 Å². The van der Waals surface area contributed by atoms with Crippen molar-refractivity contribution in [1.82, 2.24) is 19.9 Å². The Morgan fingerprint density at radius 1 is 0.828 bits per heavy atom. The third kappa shape index (κ3) is 3.19. The first-order valence-corrected chi connectivity index (χ1v) is 9.65. The third-order valence-corrected chi connectivity index (χ3v) is 5.06. The summed E-state index contributed by atoms with van der Waals surface area (Å²) in [7, 11) is 0. The number of hydrogen-bond donors (Lipinski definition) is 2. The van der Waals surface area contributed by atoms with Gasteiger partial charge in [-0.25, -0.2) is 5.10 Å². The number of aromatic amines is 2. The molecule has 0 radical (unpaired) electrons. The molecule has 0 spiro atoms. The maximum absolute atomic E-state index is 5.41. The van der Waals surface area contributed by atoms with Crippen molar-refractivity contribution in [2.45, 2.75) is 0 Å². The molecule has 0 saturated heterocycles. The van der Waals surface area contributed by atoms with Gasteiger partial charge >= 0.3 is 0 Å². The lowest BCUT2D eigenvalue weighted by atomic mass is 10.1. The highest BCUT2D eigenvalue weighted by molar-refractivity contribution is 7.71. The fourth-order valence-electron chi connectivity index (χ4n) is 3.42. The summed E-state index contributed by atoms with van der Waals surface area (Å²) in [4.78, 5) is 3.52. The molecule has 3 aromatic carbocycles. The average Bonchev–Trinajstić information content (AvgIpc) is 3.34. The summed E-state index contributed by atoms with van der Waals surface area (Å²) in [5.74, 6) is 0.674. The van der Waals surface area contributed by atoms with E-state index in [4.69, 9.17) is 17.3 Å². The number of para-hydroxylation sites is 1. The molecule has 2 aromatic heterocycles. The number of nitrogens with one attached hydrogen (secondary N) is 2. The van der Waals surface area contributed by atoms with Crippen molar-refractivity contribution >= 4 is 29.3 Å². The van der Waals surface area contributed by atoms with Crippen molar-refractivity contribution in [2.75, 3.05) is 0 Å². The zero-order valence-electron chi connectivity index (χ0n) is 15.4. The lowest BCUT2D eigenvalue weighted by Crippen LogP contribution is -1.95. The molecule has 0 fully saturated rings. The zero-order chi connectivity index (χ0) is 19.6. The summed E-state index contributed by atoms with van der Waals surface area (Å²) in [6.07, 6.45) is 1.85. The minimum atomic E-state index is 0.446. The van der Waals surface area contributed by atoms with Crippen LogP contribution < -0.4 is 0 Å². The van der Waals surface area contributed by atoms with E-state index in [0.29, 0.717) is 10.6 Å². The van der Waals surface area contributed by atoms with Gasteiger partial charge in [-0.2, -0.15) is 14.9 Å². The Kier molecular flexibility index (Phi) is 4.38. The molecule has 0 unspecified atom stereocenters. The van der Waals surface area contributed by atoms with Crippen molar-refractivity contribution in [1.29, 1.82) is 0 Å². The fourth-order valence-corrected chi connectivity index (χ4v) is 3.60. The highest BCUT2D eigenvalue weighted by Gasteiger charge is 2.12. The van der Waals surface area contributed by atoms with Crippen molar-refractivity contribution in [2.24, 2.45) is 5.10 Å². The van der Waals surface area contributed by atoms with Gasteiger partial charge in [0.25, 0.3) is 0 Å². The normalized spacial score (nSPS) is 11.4. The Labute approximate surface area is 172 Å². The number of nitrogens with zero attached hydrogens (tertiary/aromatic N) is 3. The van der Waals surface area contributed by atoms with Gasteiger partial charge in [-0.1, -0.05) is 78.9 Å². The molecule has 29 heavy (non-hydrogen) atoms. The minimum absolute atomic E-state index is 0.446. The van der Waals surface area contributed by atoms with Crippen LogP contribution in [0.15, 0.2) is 90.0 Å². The summed E-state index contributed by atoms with van der Waals surface area (Å²) in [5, 5.41) is 13.0. The predicted molar refractivity (Wildman–Crippen MR) is 120 cm³/mol. The Morgan fingerprint density at radius 3 is 2.24 bits per heavy atom. The molecular weight excluding hydrogens is 378 g/mol. The SMILES string of the molecule is S=c1[nH]nc(-c2ccccc2)n1/N=C/c1c(-c2ccccc2)[nH]c2ccccc12. The Bertz CT molecular complexity index is 1360. The van der Waals surface area contributed by atoms with E-state index in [1.54, 1.807) is 4.68 Å². The van der Waals surface area contributed by atoms with Crippen LogP contribution in [0, 0.1) is 4.77 Å². The molecule has 0 aliphatic rings. The zero-order valence-corrected chi connectivity index (χ0v) is 16.2. The van der Waals surface area contributed by atoms with Gasteiger partial charge in [-0.15, -0.1) is 0 Å². The van der Waals surface area contributed by atoms with E-state index in [9.17, 15) is 0 Å². The largest absolute Gasteiger partial charge is 0.354 e. The van der Waals surface area contributed by atoms with Crippen molar-refractivity contribution < 1.29 is 0 Å². The quantitative estimate of drug-likeness (QED) is 0.306. The maximum atomic E-state index is 5.41. The van der Waals surface area contributed by atoms with Crippen LogP contribution in [-0.4, -0.2) is 26.1 Å². The molecule has 0 saturated carbocycles. The molecule has 5 aromatic rings. The summed E-state index contributed by atoms with van der Waals surface area (Å²) >= 11 is 5.41. The lowest BCUT2D eigenvalue weighted by molar-refractivity contribution is 0.872. The van der Waals surface area contributed by atoms with E-state index < -0.39 is 0 Å². The number of rotatable bonds is 4. The molecule has 5 nitrogen and oxygen atoms in total. The van der Waals surface area contributed by atoms with Crippen LogP contribution in [0.1, 0.15) is 5.56 Å². The molecule has 140 valence electrons. The summed E-state index contributed by atoms with van der Waals surface area (Å²) in [6, 6.07) is 28.3.